The number of pyridine rings is 2. The van der Waals surface area contributed by atoms with Gasteiger partial charge in [0.25, 0.3) is 0 Å². The Morgan fingerprint density at radius 1 is 0.593 bits per heavy atom. The summed E-state index contributed by atoms with van der Waals surface area (Å²) in [5.41, 5.74) is 17.1. The van der Waals surface area contributed by atoms with Gasteiger partial charge in [0.2, 0.25) is 0 Å². The monoisotopic (exact) mass is 780 g/mol. The number of aliphatic hydroxyl groups is 1. The van der Waals surface area contributed by atoms with Crippen LogP contribution in [0.3, 0.4) is 0 Å². The van der Waals surface area contributed by atoms with Crippen LogP contribution in [-0.4, -0.2) is 25.0 Å². The number of benzene rings is 4. The molecule has 8 aromatic rings. The number of aryl methyl sites for hydroxylation is 6. The highest BCUT2D eigenvalue weighted by Gasteiger charge is 2.20. The molecule has 7 nitrogen and oxygen atoms in total. The second-order valence-corrected chi connectivity index (χ2v) is 16.1. The third kappa shape index (κ3) is 10.2. The van der Waals surface area contributed by atoms with Crippen LogP contribution in [0.4, 0.5) is 22.7 Å². The SMILES string of the molecule is C=C(C)c1cccc2c(CCCc3ccc(Nc4ccncc4)cc3C)c[nH]c12.Cc1cc(Nc2ccncc2)ccc1CCCc1c[nH]c2c(C(C)(C)O)cccc12. The smallest absolute Gasteiger partial charge is 0.0860 e. The standard InChI is InChI=1S/C26H29N3O.C26H27N3/c1-18-16-22(29-21-12-14-27-15-13-21)11-10-19(18)6-4-7-20-17-28-25-23(20)8-5-9-24(25)26(2,3)30;1-18(2)24-8-5-9-25-21(17-28-26(24)25)7-4-6-20-10-11-23(16-19(20)3)29-22-12-14-27-15-13-22/h5,8-17,28,30H,4,6-7H2,1-3H3,(H,27,29);5,8-17,28H,1,4,6-7H2,2-3H3,(H,27,29). The lowest BCUT2D eigenvalue weighted by molar-refractivity contribution is 0.0800. The molecule has 0 radical (unpaired) electrons. The number of para-hydroxylation sites is 2. The number of hydrogen-bond acceptors (Lipinski definition) is 5. The Morgan fingerprint density at radius 3 is 1.53 bits per heavy atom. The summed E-state index contributed by atoms with van der Waals surface area (Å²) >= 11 is 0. The van der Waals surface area contributed by atoms with E-state index in [4.69, 9.17) is 0 Å². The van der Waals surface area contributed by atoms with Crippen LogP contribution in [0.2, 0.25) is 0 Å². The molecule has 0 atom stereocenters. The summed E-state index contributed by atoms with van der Waals surface area (Å²) in [4.78, 5) is 15.0. The molecular formula is C52H56N6O. The molecule has 0 bridgehead atoms. The number of anilines is 4. The van der Waals surface area contributed by atoms with E-state index in [0.717, 1.165) is 77.9 Å². The van der Waals surface area contributed by atoms with Crippen molar-refractivity contribution >= 4 is 50.1 Å². The number of rotatable bonds is 14. The number of aromatic nitrogens is 4. The number of H-pyrrole nitrogens is 2. The first-order chi connectivity index (χ1) is 28.5. The predicted molar refractivity (Wildman–Crippen MR) is 248 cm³/mol. The average Bonchev–Trinajstić information content (AvgIpc) is 3.84. The van der Waals surface area contributed by atoms with Crippen LogP contribution in [0.5, 0.6) is 0 Å². The summed E-state index contributed by atoms with van der Waals surface area (Å²) in [6.07, 6.45) is 17.8. The van der Waals surface area contributed by atoms with E-state index in [-0.39, 0.29) is 0 Å². The maximum Gasteiger partial charge on any atom is 0.0860 e. The lowest BCUT2D eigenvalue weighted by Gasteiger charge is -2.18. The van der Waals surface area contributed by atoms with E-state index in [1.165, 1.54) is 55.2 Å². The second kappa shape index (κ2) is 18.4. The third-order valence-corrected chi connectivity index (χ3v) is 11.1. The molecule has 59 heavy (non-hydrogen) atoms. The third-order valence-electron chi connectivity index (χ3n) is 11.1. The van der Waals surface area contributed by atoms with E-state index in [0.29, 0.717) is 0 Å². The van der Waals surface area contributed by atoms with Crippen LogP contribution in [0.25, 0.3) is 27.4 Å². The van der Waals surface area contributed by atoms with Gasteiger partial charge in [-0.1, -0.05) is 55.1 Å². The van der Waals surface area contributed by atoms with E-state index >= 15 is 0 Å². The molecule has 7 heteroatoms. The zero-order valence-electron chi connectivity index (χ0n) is 35.0. The van der Waals surface area contributed by atoms with Crippen molar-refractivity contribution in [1.82, 2.24) is 19.9 Å². The van der Waals surface area contributed by atoms with Crippen molar-refractivity contribution in [1.29, 1.82) is 0 Å². The van der Waals surface area contributed by atoms with Crippen molar-refractivity contribution < 1.29 is 5.11 Å². The molecule has 4 aromatic heterocycles. The zero-order valence-corrected chi connectivity index (χ0v) is 35.0. The Labute approximate surface area is 348 Å². The first-order valence-electron chi connectivity index (χ1n) is 20.6. The Bertz CT molecular complexity index is 2650. The molecule has 5 N–H and O–H groups in total. The normalized spacial score (nSPS) is 11.4. The molecule has 0 unspecified atom stereocenters. The number of nitrogens with zero attached hydrogens (tertiary/aromatic N) is 2. The topological polar surface area (TPSA) is 102 Å². The van der Waals surface area contributed by atoms with E-state index in [1.54, 1.807) is 24.8 Å². The highest BCUT2D eigenvalue weighted by atomic mass is 16.3. The Balaban J connectivity index is 0.000000179. The number of hydrogen-bond donors (Lipinski definition) is 5. The fraction of sp³-hybridized carbons (Fsp3) is 0.231. The maximum absolute atomic E-state index is 10.4. The van der Waals surface area contributed by atoms with Gasteiger partial charge in [0.15, 0.2) is 0 Å². The lowest BCUT2D eigenvalue weighted by atomic mass is 9.94. The van der Waals surface area contributed by atoms with Crippen molar-refractivity contribution in [3.8, 4) is 0 Å². The van der Waals surface area contributed by atoms with E-state index in [9.17, 15) is 5.11 Å². The molecule has 0 saturated carbocycles. The molecule has 4 aromatic carbocycles. The van der Waals surface area contributed by atoms with Gasteiger partial charge in [0.1, 0.15) is 0 Å². The fourth-order valence-corrected chi connectivity index (χ4v) is 7.95. The highest BCUT2D eigenvalue weighted by molar-refractivity contribution is 5.93. The van der Waals surface area contributed by atoms with Crippen LogP contribution in [0.15, 0.2) is 141 Å². The lowest BCUT2D eigenvalue weighted by Crippen LogP contribution is -2.15. The number of allylic oxidation sites excluding steroid dienone is 1. The van der Waals surface area contributed by atoms with E-state index in [1.807, 2.05) is 50.2 Å². The number of nitrogens with one attached hydrogen (secondary N) is 4. The van der Waals surface area contributed by atoms with Gasteiger partial charge in [-0.3, -0.25) is 9.97 Å². The van der Waals surface area contributed by atoms with Gasteiger partial charge in [-0.15, -0.1) is 0 Å². The molecule has 0 fully saturated rings. The summed E-state index contributed by atoms with van der Waals surface area (Å²) in [6.45, 7) is 14.2. The van der Waals surface area contributed by atoms with Crippen molar-refractivity contribution in [3.63, 3.8) is 0 Å². The first-order valence-corrected chi connectivity index (χ1v) is 20.6. The minimum atomic E-state index is -0.856. The summed E-state index contributed by atoms with van der Waals surface area (Å²) in [7, 11) is 0. The van der Waals surface area contributed by atoms with Crippen LogP contribution < -0.4 is 10.6 Å². The molecule has 300 valence electrons. The second-order valence-electron chi connectivity index (χ2n) is 16.1. The molecule has 0 aliphatic carbocycles. The minimum absolute atomic E-state index is 0.856. The van der Waals surface area contributed by atoms with Crippen molar-refractivity contribution in [2.24, 2.45) is 0 Å². The van der Waals surface area contributed by atoms with Gasteiger partial charge in [0, 0.05) is 81.8 Å². The molecule has 0 amide bonds. The molecule has 0 spiro atoms. The molecule has 0 saturated heterocycles. The molecule has 4 heterocycles. The fourth-order valence-electron chi connectivity index (χ4n) is 7.95. The van der Waals surface area contributed by atoms with Crippen molar-refractivity contribution in [2.75, 3.05) is 10.6 Å². The van der Waals surface area contributed by atoms with Crippen LogP contribution >= 0.6 is 0 Å². The molecule has 0 aliphatic heterocycles. The molecular weight excluding hydrogens is 725 g/mol. The summed E-state index contributed by atoms with van der Waals surface area (Å²) in [5.74, 6) is 0. The predicted octanol–water partition coefficient (Wildman–Crippen LogP) is 12.8. The zero-order chi connectivity index (χ0) is 41.4. The van der Waals surface area contributed by atoms with Gasteiger partial charge in [-0.25, -0.2) is 0 Å². The number of aromatic amines is 2. The van der Waals surface area contributed by atoms with Crippen LogP contribution in [0.1, 0.15) is 78.1 Å². The average molecular weight is 781 g/mol. The summed E-state index contributed by atoms with van der Waals surface area (Å²) in [6, 6.07) is 33.7. The highest BCUT2D eigenvalue weighted by Crippen LogP contribution is 2.31. The van der Waals surface area contributed by atoms with E-state index in [2.05, 4.69) is 131 Å². The van der Waals surface area contributed by atoms with Gasteiger partial charge >= 0.3 is 0 Å². The summed E-state index contributed by atoms with van der Waals surface area (Å²) < 4.78 is 0. The largest absolute Gasteiger partial charge is 0.386 e. The summed E-state index contributed by atoms with van der Waals surface area (Å²) in [5, 5.41) is 19.8. The van der Waals surface area contributed by atoms with Crippen LogP contribution in [0, 0.1) is 13.8 Å². The van der Waals surface area contributed by atoms with Crippen LogP contribution in [-0.2, 0) is 31.3 Å². The quantitative estimate of drug-likeness (QED) is 0.0756. The van der Waals surface area contributed by atoms with Crippen molar-refractivity contribution in [3.05, 3.63) is 185 Å². The molecule has 8 rings (SSSR count). The van der Waals surface area contributed by atoms with E-state index < -0.39 is 5.60 Å². The maximum atomic E-state index is 10.4. The minimum Gasteiger partial charge on any atom is -0.386 e. The Morgan fingerprint density at radius 2 is 1.05 bits per heavy atom. The van der Waals surface area contributed by atoms with Gasteiger partial charge < -0.3 is 25.7 Å². The van der Waals surface area contributed by atoms with Gasteiger partial charge in [-0.05, 0) is 161 Å². The van der Waals surface area contributed by atoms with Gasteiger partial charge in [0.05, 0.1) is 16.6 Å². The van der Waals surface area contributed by atoms with Crippen molar-refractivity contribution in [2.45, 2.75) is 78.7 Å². The first kappa shape index (κ1) is 40.7. The Kier molecular flexibility index (Phi) is 12.7. The molecule has 0 aliphatic rings. The number of fused-ring (bicyclic) bond motifs is 2. The Hall–Kier alpha value is -6.44. The van der Waals surface area contributed by atoms with Gasteiger partial charge in [-0.2, -0.15) is 0 Å².